The second-order valence-electron chi connectivity index (χ2n) is 4.27. The maximum absolute atomic E-state index is 10.9. The van der Waals surface area contributed by atoms with Gasteiger partial charge in [0.05, 0.1) is 19.3 Å². The minimum absolute atomic E-state index is 0.176. The lowest BCUT2D eigenvalue weighted by molar-refractivity contribution is -0.139. The van der Waals surface area contributed by atoms with Crippen molar-refractivity contribution in [2.24, 2.45) is 0 Å². The average Bonchev–Trinajstić information content (AvgIpc) is 2.28. The Morgan fingerprint density at radius 2 is 1.58 bits per heavy atom. The van der Waals surface area contributed by atoms with Crippen molar-refractivity contribution >= 4 is 11.9 Å². The van der Waals surface area contributed by atoms with E-state index in [0.717, 1.165) is 6.42 Å². The molecule has 0 amide bonds. The summed E-state index contributed by atoms with van der Waals surface area (Å²) in [7, 11) is 0. The standard InChI is InChI=1S/C10H18O3.C4H6O2/c1-8(2)10(11)13-7-5-6-12-9(3)4;1-3(2)4(5)6/h9H,1,5-7H2,2-4H3;1H2,2H3,(H,5,6). The van der Waals surface area contributed by atoms with E-state index in [2.05, 4.69) is 13.2 Å². The first-order valence-electron chi connectivity index (χ1n) is 6.01. The summed E-state index contributed by atoms with van der Waals surface area (Å²) < 4.78 is 10.1. The van der Waals surface area contributed by atoms with Crippen LogP contribution >= 0.6 is 0 Å². The molecular formula is C14H24O5. The van der Waals surface area contributed by atoms with Crippen molar-refractivity contribution in [2.75, 3.05) is 13.2 Å². The molecule has 0 fully saturated rings. The fourth-order valence-corrected chi connectivity index (χ4v) is 0.666. The Morgan fingerprint density at radius 3 is 1.89 bits per heavy atom. The van der Waals surface area contributed by atoms with Crippen LogP contribution in [0.15, 0.2) is 24.3 Å². The van der Waals surface area contributed by atoms with Crippen LogP contribution in [0.3, 0.4) is 0 Å². The number of hydrogen-bond donors (Lipinski definition) is 1. The van der Waals surface area contributed by atoms with Gasteiger partial charge in [0.25, 0.3) is 0 Å². The summed E-state index contributed by atoms with van der Waals surface area (Å²) in [5.41, 5.74) is 0.611. The molecule has 0 aromatic carbocycles. The molecule has 0 heterocycles. The van der Waals surface area contributed by atoms with E-state index in [4.69, 9.17) is 14.6 Å². The number of hydrogen-bond acceptors (Lipinski definition) is 4. The molecule has 0 atom stereocenters. The maximum atomic E-state index is 10.9. The fraction of sp³-hybridized carbons (Fsp3) is 0.571. The highest BCUT2D eigenvalue weighted by Crippen LogP contribution is 1.95. The molecule has 19 heavy (non-hydrogen) atoms. The van der Waals surface area contributed by atoms with E-state index < -0.39 is 5.97 Å². The lowest BCUT2D eigenvalue weighted by Crippen LogP contribution is -2.10. The number of ether oxygens (including phenoxy) is 2. The van der Waals surface area contributed by atoms with Gasteiger partial charge in [-0.2, -0.15) is 0 Å². The van der Waals surface area contributed by atoms with Gasteiger partial charge in [-0.1, -0.05) is 13.2 Å². The molecular weight excluding hydrogens is 248 g/mol. The predicted octanol–water partition coefficient (Wildman–Crippen LogP) is 2.57. The molecule has 0 radical (unpaired) electrons. The third-order valence-corrected chi connectivity index (χ3v) is 1.69. The zero-order valence-electron chi connectivity index (χ0n) is 12.2. The molecule has 0 spiro atoms. The second kappa shape index (κ2) is 11.5. The Kier molecular flexibility index (Phi) is 11.9. The molecule has 0 saturated heterocycles. The number of carbonyl (C=O) groups excluding carboxylic acids is 1. The van der Waals surface area contributed by atoms with Gasteiger partial charge >= 0.3 is 11.9 Å². The van der Waals surface area contributed by atoms with Crippen LogP contribution in [0, 0.1) is 0 Å². The Bertz CT molecular complexity index is 306. The first kappa shape index (κ1) is 19.7. The summed E-state index contributed by atoms with van der Waals surface area (Å²) in [5, 5.41) is 7.89. The summed E-state index contributed by atoms with van der Waals surface area (Å²) >= 11 is 0. The van der Waals surface area contributed by atoms with Gasteiger partial charge in [0.2, 0.25) is 0 Å². The molecule has 0 aromatic rings. The van der Waals surface area contributed by atoms with Gasteiger partial charge in [0.15, 0.2) is 0 Å². The van der Waals surface area contributed by atoms with Crippen LogP contribution in [-0.4, -0.2) is 36.4 Å². The molecule has 0 aliphatic carbocycles. The fourth-order valence-electron chi connectivity index (χ4n) is 0.666. The van der Waals surface area contributed by atoms with Crippen LogP contribution in [0.5, 0.6) is 0 Å². The van der Waals surface area contributed by atoms with Crippen molar-refractivity contribution in [3.05, 3.63) is 24.3 Å². The molecule has 0 unspecified atom stereocenters. The molecule has 0 rings (SSSR count). The van der Waals surface area contributed by atoms with Crippen LogP contribution < -0.4 is 0 Å². The first-order valence-corrected chi connectivity index (χ1v) is 6.01. The SMILES string of the molecule is C=C(C)C(=O)O.C=C(C)C(=O)OCCCOC(C)C. The van der Waals surface area contributed by atoms with Crippen molar-refractivity contribution in [2.45, 2.75) is 40.2 Å². The summed E-state index contributed by atoms with van der Waals surface area (Å²) in [4.78, 5) is 20.5. The number of aliphatic carboxylic acids is 1. The monoisotopic (exact) mass is 272 g/mol. The van der Waals surface area contributed by atoms with Crippen LogP contribution in [0.1, 0.15) is 34.1 Å². The summed E-state index contributed by atoms with van der Waals surface area (Å²) in [6.45, 7) is 14.7. The van der Waals surface area contributed by atoms with Gasteiger partial charge in [-0.25, -0.2) is 9.59 Å². The first-order chi connectivity index (χ1) is 8.68. The Labute approximate surface area is 114 Å². The largest absolute Gasteiger partial charge is 0.478 e. The van der Waals surface area contributed by atoms with Gasteiger partial charge in [-0.15, -0.1) is 0 Å². The third kappa shape index (κ3) is 16.4. The number of rotatable bonds is 7. The Morgan fingerprint density at radius 1 is 1.11 bits per heavy atom. The molecule has 5 heteroatoms. The molecule has 110 valence electrons. The third-order valence-electron chi connectivity index (χ3n) is 1.69. The van der Waals surface area contributed by atoms with Crippen LogP contribution in [0.25, 0.3) is 0 Å². The highest BCUT2D eigenvalue weighted by Gasteiger charge is 2.01. The zero-order chi connectivity index (χ0) is 15.4. The van der Waals surface area contributed by atoms with Crippen molar-refractivity contribution in [1.29, 1.82) is 0 Å². The molecule has 5 nitrogen and oxygen atoms in total. The zero-order valence-corrected chi connectivity index (χ0v) is 12.2. The molecule has 1 N–H and O–H groups in total. The van der Waals surface area contributed by atoms with Crippen LogP contribution in [0.4, 0.5) is 0 Å². The number of carbonyl (C=O) groups is 2. The molecule has 0 saturated carbocycles. The van der Waals surface area contributed by atoms with Gasteiger partial charge in [-0.3, -0.25) is 0 Å². The lowest BCUT2D eigenvalue weighted by atomic mass is 10.4. The van der Waals surface area contributed by atoms with Crippen molar-refractivity contribution < 1.29 is 24.2 Å². The van der Waals surface area contributed by atoms with E-state index in [1.165, 1.54) is 6.92 Å². The minimum Gasteiger partial charge on any atom is -0.478 e. The minimum atomic E-state index is -0.935. The van der Waals surface area contributed by atoms with E-state index >= 15 is 0 Å². The van der Waals surface area contributed by atoms with Gasteiger partial charge in [-0.05, 0) is 27.7 Å². The topological polar surface area (TPSA) is 72.8 Å². The van der Waals surface area contributed by atoms with E-state index in [0.29, 0.717) is 18.8 Å². The summed E-state index contributed by atoms with van der Waals surface area (Å²) in [5.74, 6) is -1.26. The Hall–Kier alpha value is -1.62. The van der Waals surface area contributed by atoms with Gasteiger partial charge in [0, 0.05) is 17.6 Å². The highest BCUT2D eigenvalue weighted by atomic mass is 16.5. The van der Waals surface area contributed by atoms with Gasteiger partial charge in [0.1, 0.15) is 0 Å². The van der Waals surface area contributed by atoms with E-state index in [1.807, 2.05) is 13.8 Å². The lowest BCUT2D eigenvalue weighted by Gasteiger charge is -2.07. The Balaban J connectivity index is 0. The van der Waals surface area contributed by atoms with E-state index in [9.17, 15) is 9.59 Å². The van der Waals surface area contributed by atoms with E-state index in [1.54, 1.807) is 6.92 Å². The summed E-state index contributed by atoms with van der Waals surface area (Å²) in [6, 6.07) is 0. The van der Waals surface area contributed by atoms with Crippen molar-refractivity contribution in [3.8, 4) is 0 Å². The highest BCUT2D eigenvalue weighted by molar-refractivity contribution is 5.86. The number of carboxylic acids is 1. The molecule has 0 aliphatic heterocycles. The quantitative estimate of drug-likeness (QED) is 0.438. The van der Waals surface area contributed by atoms with Crippen molar-refractivity contribution in [1.82, 2.24) is 0 Å². The average molecular weight is 272 g/mol. The van der Waals surface area contributed by atoms with Crippen LogP contribution in [0.2, 0.25) is 0 Å². The second-order valence-corrected chi connectivity index (χ2v) is 4.27. The summed E-state index contributed by atoms with van der Waals surface area (Å²) in [6.07, 6.45) is 0.967. The van der Waals surface area contributed by atoms with Gasteiger partial charge < -0.3 is 14.6 Å². The molecule has 0 aromatic heterocycles. The molecule has 0 bridgehead atoms. The van der Waals surface area contributed by atoms with Crippen molar-refractivity contribution in [3.63, 3.8) is 0 Å². The normalized spacial score (nSPS) is 9.32. The van der Waals surface area contributed by atoms with E-state index in [-0.39, 0.29) is 17.6 Å². The number of esters is 1. The molecule has 0 aliphatic rings. The van der Waals surface area contributed by atoms with Crippen LogP contribution in [-0.2, 0) is 19.1 Å². The predicted molar refractivity (Wildman–Crippen MR) is 73.9 cm³/mol. The number of carboxylic acid groups (broad SMARTS) is 1. The maximum Gasteiger partial charge on any atom is 0.333 e. The smallest absolute Gasteiger partial charge is 0.333 e.